The summed E-state index contributed by atoms with van der Waals surface area (Å²) in [6.07, 6.45) is 2.34. The minimum atomic E-state index is 0.191. The Hall–Kier alpha value is -2.18. The Morgan fingerprint density at radius 1 is 1.26 bits per heavy atom. The first-order valence-corrected chi connectivity index (χ1v) is 7.98. The zero-order chi connectivity index (χ0) is 15.9. The number of aromatic amines is 1. The Balaban J connectivity index is 1.46. The molecule has 0 radical (unpaired) electrons. The lowest BCUT2D eigenvalue weighted by molar-refractivity contribution is -0.135. The number of amides is 1. The van der Waals surface area contributed by atoms with Gasteiger partial charge >= 0.3 is 0 Å². The van der Waals surface area contributed by atoms with Gasteiger partial charge in [-0.2, -0.15) is 5.10 Å². The molecule has 0 unspecified atom stereocenters. The van der Waals surface area contributed by atoms with Crippen LogP contribution in [0.15, 0.2) is 36.5 Å². The van der Waals surface area contributed by atoms with Crippen molar-refractivity contribution < 1.29 is 9.53 Å². The van der Waals surface area contributed by atoms with Gasteiger partial charge in [-0.05, 0) is 5.56 Å². The molecule has 2 aromatic rings. The Bertz CT molecular complexity index is 621. The van der Waals surface area contributed by atoms with Crippen molar-refractivity contribution in [2.45, 2.75) is 13.0 Å². The highest BCUT2D eigenvalue weighted by Gasteiger charge is 2.16. The number of nitrogens with one attached hydrogen (secondary N) is 2. The number of H-pyrrole nitrogens is 1. The third-order valence-electron chi connectivity index (χ3n) is 3.98. The van der Waals surface area contributed by atoms with Crippen LogP contribution < -0.4 is 5.32 Å². The molecule has 6 heteroatoms. The topological polar surface area (TPSA) is 70.2 Å². The number of carbonyl (C=O) groups is 1. The standard InChI is InChI=1S/C17H22N4O2/c22-16(21-8-10-23-11-9-21)6-7-18-12-15-13-19-20-17(15)14-4-2-1-3-5-14/h1-5,13,18H,6-12H2,(H,19,20). The van der Waals surface area contributed by atoms with Gasteiger partial charge in [0, 0.05) is 38.2 Å². The summed E-state index contributed by atoms with van der Waals surface area (Å²) < 4.78 is 5.26. The lowest BCUT2D eigenvalue weighted by Gasteiger charge is -2.26. The molecular weight excluding hydrogens is 292 g/mol. The highest BCUT2D eigenvalue weighted by Crippen LogP contribution is 2.20. The number of hydrogen-bond acceptors (Lipinski definition) is 4. The maximum atomic E-state index is 12.1. The number of carbonyl (C=O) groups excluding carboxylic acids is 1. The summed E-state index contributed by atoms with van der Waals surface area (Å²) in [4.78, 5) is 13.9. The maximum absolute atomic E-state index is 12.1. The average molecular weight is 314 g/mol. The van der Waals surface area contributed by atoms with Crippen molar-refractivity contribution in [2.75, 3.05) is 32.8 Å². The predicted octanol–water partition coefficient (Wildman–Crippen LogP) is 1.42. The van der Waals surface area contributed by atoms with Gasteiger partial charge in [-0.1, -0.05) is 30.3 Å². The van der Waals surface area contributed by atoms with Crippen LogP contribution in [0.1, 0.15) is 12.0 Å². The largest absolute Gasteiger partial charge is 0.378 e. The number of benzene rings is 1. The van der Waals surface area contributed by atoms with E-state index >= 15 is 0 Å². The Morgan fingerprint density at radius 3 is 2.83 bits per heavy atom. The van der Waals surface area contributed by atoms with Crippen molar-refractivity contribution in [2.24, 2.45) is 0 Å². The zero-order valence-corrected chi connectivity index (χ0v) is 13.1. The third kappa shape index (κ3) is 4.18. The second-order valence-electron chi connectivity index (χ2n) is 5.56. The third-order valence-corrected chi connectivity index (χ3v) is 3.98. The van der Waals surface area contributed by atoms with Crippen LogP contribution in [0, 0.1) is 0 Å². The van der Waals surface area contributed by atoms with E-state index in [1.165, 1.54) is 0 Å². The van der Waals surface area contributed by atoms with E-state index in [0.717, 1.165) is 16.8 Å². The smallest absolute Gasteiger partial charge is 0.224 e. The van der Waals surface area contributed by atoms with E-state index < -0.39 is 0 Å². The highest BCUT2D eigenvalue weighted by atomic mass is 16.5. The summed E-state index contributed by atoms with van der Waals surface area (Å²) in [5, 5.41) is 10.5. The van der Waals surface area contributed by atoms with E-state index in [1.807, 2.05) is 29.3 Å². The summed E-state index contributed by atoms with van der Waals surface area (Å²) in [6, 6.07) is 10.1. The second kappa shape index (κ2) is 7.89. The monoisotopic (exact) mass is 314 g/mol. The minimum Gasteiger partial charge on any atom is -0.378 e. The van der Waals surface area contributed by atoms with E-state index in [2.05, 4.69) is 27.6 Å². The molecule has 1 aromatic heterocycles. The molecule has 0 bridgehead atoms. The zero-order valence-electron chi connectivity index (χ0n) is 13.1. The summed E-state index contributed by atoms with van der Waals surface area (Å²) in [6.45, 7) is 4.06. The fraction of sp³-hybridized carbons (Fsp3) is 0.412. The van der Waals surface area contributed by atoms with Crippen LogP contribution in [0.25, 0.3) is 11.3 Å². The first-order valence-electron chi connectivity index (χ1n) is 7.98. The average Bonchev–Trinajstić information content (AvgIpc) is 3.08. The van der Waals surface area contributed by atoms with Crippen molar-refractivity contribution >= 4 is 5.91 Å². The molecule has 3 rings (SSSR count). The fourth-order valence-electron chi connectivity index (χ4n) is 2.69. The van der Waals surface area contributed by atoms with Crippen LogP contribution in [-0.2, 0) is 16.1 Å². The number of nitrogens with zero attached hydrogens (tertiary/aromatic N) is 2. The normalized spacial score (nSPS) is 14.9. The lowest BCUT2D eigenvalue weighted by atomic mass is 10.1. The van der Waals surface area contributed by atoms with Gasteiger partial charge < -0.3 is 15.0 Å². The van der Waals surface area contributed by atoms with Crippen LogP contribution in [0.3, 0.4) is 0 Å². The molecule has 122 valence electrons. The van der Waals surface area contributed by atoms with Gasteiger partial charge in [0.1, 0.15) is 0 Å². The van der Waals surface area contributed by atoms with Crippen LogP contribution in [0.4, 0.5) is 0 Å². The molecule has 0 saturated carbocycles. The molecule has 1 aromatic carbocycles. The molecule has 1 saturated heterocycles. The molecule has 6 nitrogen and oxygen atoms in total. The van der Waals surface area contributed by atoms with Gasteiger partial charge in [-0.25, -0.2) is 0 Å². The van der Waals surface area contributed by atoms with Crippen molar-refractivity contribution in [3.05, 3.63) is 42.1 Å². The van der Waals surface area contributed by atoms with Crippen LogP contribution in [0.2, 0.25) is 0 Å². The van der Waals surface area contributed by atoms with Crippen LogP contribution in [0.5, 0.6) is 0 Å². The Kier molecular flexibility index (Phi) is 5.39. The molecule has 0 atom stereocenters. The Labute approximate surface area is 135 Å². The predicted molar refractivity (Wildman–Crippen MR) is 87.7 cm³/mol. The van der Waals surface area contributed by atoms with Gasteiger partial charge in [0.25, 0.3) is 0 Å². The maximum Gasteiger partial charge on any atom is 0.224 e. The van der Waals surface area contributed by atoms with Crippen LogP contribution in [-0.4, -0.2) is 53.9 Å². The van der Waals surface area contributed by atoms with Gasteiger partial charge in [-0.3, -0.25) is 9.89 Å². The van der Waals surface area contributed by atoms with Crippen molar-refractivity contribution in [3.63, 3.8) is 0 Å². The molecule has 2 heterocycles. The van der Waals surface area contributed by atoms with E-state index in [9.17, 15) is 4.79 Å². The van der Waals surface area contributed by atoms with Gasteiger partial charge in [-0.15, -0.1) is 0 Å². The lowest BCUT2D eigenvalue weighted by Crippen LogP contribution is -2.41. The van der Waals surface area contributed by atoms with Gasteiger partial charge in [0.05, 0.1) is 25.1 Å². The Morgan fingerprint density at radius 2 is 2.04 bits per heavy atom. The molecule has 1 aliphatic heterocycles. The minimum absolute atomic E-state index is 0.191. The van der Waals surface area contributed by atoms with E-state index in [-0.39, 0.29) is 5.91 Å². The van der Waals surface area contributed by atoms with Crippen LogP contribution >= 0.6 is 0 Å². The van der Waals surface area contributed by atoms with E-state index in [4.69, 9.17) is 4.74 Å². The molecule has 0 aliphatic carbocycles. The SMILES string of the molecule is O=C(CCNCc1cn[nH]c1-c1ccccc1)N1CCOCC1. The van der Waals surface area contributed by atoms with Crippen molar-refractivity contribution in [1.82, 2.24) is 20.4 Å². The number of aromatic nitrogens is 2. The molecular formula is C17H22N4O2. The molecule has 1 aliphatic rings. The van der Waals surface area contributed by atoms with E-state index in [0.29, 0.717) is 45.8 Å². The summed E-state index contributed by atoms with van der Waals surface area (Å²) >= 11 is 0. The number of morpholine rings is 1. The summed E-state index contributed by atoms with van der Waals surface area (Å²) in [5.41, 5.74) is 3.25. The summed E-state index contributed by atoms with van der Waals surface area (Å²) in [7, 11) is 0. The summed E-state index contributed by atoms with van der Waals surface area (Å²) in [5.74, 6) is 0.191. The molecule has 1 fully saturated rings. The van der Waals surface area contributed by atoms with E-state index in [1.54, 1.807) is 0 Å². The first-order chi connectivity index (χ1) is 11.3. The molecule has 2 N–H and O–H groups in total. The molecule has 1 amide bonds. The molecule has 0 spiro atoms. The second-order valence-corrected chi connectivity index (χ2v) is 5.56. The highest BCUT2D eigenvalue weighted by molar-refractivity contribution is 5.76. The number of ether oxygens (including phenoxy) is 1. The van der Waals surface area contributed by atoms with Crippen molar-refractivity contribution in [3.8, 4) is 11.3 Å². The molecule has 23 heavy (non-hydrogen) atoms. The van der Waals surface area contributed by atoms with Gasteiger partial charge in [0.15, 0.2) is 0 Å². The number of hydrogen-bond donors (Lipinski definition) is 2. The van der Waals surface area contributed by atoms with Gasteiger partial charge in [0.2, 0.25) is 5.91 Å². The quantitative estimate of drug-likeness (QED) is 0.791. The van der Waals surface area contributed by atoms with Crippen molar-refractivity contribution in [1.29, 1.82) is 0 Å². The fourth-order valence-corrected chi connectivity index (χ4v) is 2.69. The number of rotatable bonds is 6. The first kappa shape index (κ1) is 15.7.